The van der Waals surface area contributed by atoms with Gasteiger partial charge in [-0.3, -0.25) is 9.59 Å². The first-order valence-electron chi connectivity index (χ1n) is 9.37. The van der Waals surface area contributed by atoms with Gasteiger partial charge in [-0.1, -0.05) is 13.8 Å². The number of fused-ring (bicyclic) bond motifs is 2. The highest BCUT2D eigenvalue weighted by molar-refractivity contribution is 5.84. The van der Waals surface area contributed by atoms with Crippen LogP contribution in [-0.4, -0.2) is 60.0 Å². The summed E-state index contributed by atoms with van der Waals surface area (Å²) >= 11 is 0. The number of piperazine rings is 1. The Hall–Kier alpha value is -1.10. The van der Waals surface area contributed by atoms with Gasteiger partial charge in [0.2, 0.25) is 5.91 Å². The monoisotopic (exact) mass is 334 g/mol. The molecule has 2 saturated carbocycles. The van der Waals surface area contributed by atoms with Crippen LogP contribution < -0.4 is 0 Å². The van der Waals surface area contributed by atoms with Gasteiger partial charge in [-0.2, -0.15) is 0 Å². The molecule has 0 aromatic rings. The predicted octanol–water partition coefficient (Wildman–Crippen LogP) is 2.05. The van der Waals surface area contributed by atoms with Crippen molar-refractivity contribution in [1.29, 1.82) is 0 Å². The molecule has 1 spiro atoms. The lowest BCUT2D eigenvalue weighted by molar-refractivity contribution is -0.162. The number of nitrogens with zero attached hydrogens (tertiary/aromatic N) is 2. The van der Waals surface area contributed by atoms with Crippen molar-refractivity contribution >= 4 is 11.8 Å². The average Bonchev–Trinajstić information content (AvgIpc) is 3.07. The van der Waals surface area contributed by atoms with Crippen LogP contribution in [-0.2, 0) is 14.3 Å². The van der Waals surface area contributed by atoms with E-state index in [4.69, 9.17) is 4.74 Å². The van der Waals surface area contributed by atoms with Crippen molar-refractivity contribution in [3.8, 4) is 0 Å². The molecular formula is C19H30N2O3. The number of methoxy groups -OCH3 is 1. The van der Waals surface area contributed by atoms with Gasteiger partial charge in [0.1, 0.15) is 6.10 Å². The zero-order valence-electron chi connectivity index (χ0n) is 15.4. The van der Waals surface area contributed by atoms with Gasteiger partial charge >= 0.3 is 0 Å². The summed E-state index contributed by atoms with van der Waals surface area (Å²) in [6, 6.07) is 0.422. The summed E-state index contributed by atoms with van der Waals surface area (Å²) in [6.45, 7) is 7.87. The Morgan fingerprint density at radius 1 is 1.08 bits per heavy atom. The first-order chi connectivity index (χ1) is 11.2. The summed E-state index contributed by atoms with van der Waals surface area (Å²) in [7, 11) is 1.57. The SMILES string of the molecule is COC(C)C(=O)N1C[C@@H]2C[C@H]1CN2C(=O)C1CC2(C1)CC(C)(C)C2. The van der Waals surface area contributed by atoms with E-state index in [1.165, 1.54) is 12.8 Å². The fraction of sp³-hybridized carbons (Fsp3) is 0.895. The molecule has 2 aliphatic heterocycles. The normalized spacial score (nSPS) is 34.2. The summed E-state index contributed by atoms with van der Waals surface area (Å²) in [5, 5.41) is 0. The van der Waals surface area contributed by atoms with E-state index in [2.05, 4.69) is 18.7 Å². The van der Waals surface area contributed by atoms with E-state index in [1.54, 1.807) is 14.0 Å². The molecule has 4 fully saturated rings. The van der Waals surface area contributed by atoms with Gasteiger partial charge < -0.3 is 14.5 Å². The lowest BCUT2D eigenvalue weighted by Crippen LogP contribution is -2.58. The summed E-state index contributed by atoms with van der Waals surface area (Å²) in [5.74, 6) is 0.656. The average molecular weight is 334 g/mol. The van der Waals surface area contributed by atoms with Crippen LogP contribution in [0.2, 0.25) is 0 Å². The maximum atomic E-state index is 12.9. The van der Waals surface area contributed by atoms with E-state index in [9.17, 15) is 9.59 Å². The lowest BCUT2D eigenvalue weighted by atomic mass is 9.43. The van der Waals surface area contributed by atoms with Crippen molar-refractivity contribution in [2.75, 3.05) is 20.2 Å². The van der Waals surface area contributed by atoms with Gasteiger partial charge in [0.25, 0.3) is 5.91 Å². The second-order valence-electron chi connectivity index (χ2n) is 9.53. The minimum atomic E-state index is -0.387. The predicted molar refractivity (Wildman–Crippen MR) is 90.3 cm³/mol. The quantitative estimate of drug-likeness (QED) is 0.794. The first-order valence-corrected chi connectivity index (χ1v) is 9.37. The van der Waals surface area contributed by atoms with Crippen LogP contribution in [0.4, 0.5) is 0 Å². The Kier molecular flexibility index (Phi) is 3.55. The van der Waals surface area contributed by atoms with E-state index < -0.39 is 0 Å². The lowest BCUT2D eigenvalue weighted by Gasteiger charge is -2.62. The Balaban J connectivity index is 1.31. The Morgan fingerprint density at radius 3 is 2.17 bits per heavy atom. The van der Waals surface area contributed by atoms with Gasteiger partial charge in [0.05, 0.1) is 12.1 Å². The van der Waals surface area contributed by atoms with E-state index >= 15 is 0 Å². The number of hydrogen-bond donors (Lipinski definition) is 0. The minimum Gasteiger partial charge on any atom is -0.372 e. The topological polar surface area (TPSA) is 49.9 Å². The standard InChI is InChI=1S/C19H30N2O3/c1-12(24-4)16(22)20-8-15-5-14(20)9-21(15)17(23)13-6-19(7-13)10-18(2,3)11-19/h12-15H,5-11H2,1-4H3/t12?,14-,15-/m0/s1. The molecule has 2 bridgehead atoms. The summed E-state index contributed by atoms with van der Waals surface area (Å²) in [4.78, 5) is 29.2. The van der Waals surface area contributed by atoms with E-state index in [0.29, 0.717) is 23.3 Å². The van der Waals surface area contributed by atoms with Crippen molar-refractivity contribution in [1.82, 2.24) is 9.80 Å². The highest BCUT2D eigenvalue weighted by atomic mass is 16.5. The summed E-state index contributed by atoms with van der Waals surface area (Å²) in [6.07, 6.45) is 5.31. The van der Waals surface area contributed by atoms with E-state index in [0.717, 1.165) is 25.8 Å². The van der Waals surface area contributed by atoms with Crippen LogP contribution >= 0.6 is 0 Å². The molecule has 5 nitrogen and oxygen atoms in total. The number of ether oxygens (including phenoxy) is 1. The van der Waals surface area contributed by atoms with Crippen LogP contribution in [0, 0.1) is 16.7 Å². The number of amides is 2. The van der Waals surface area contributed by atoms with Crippen LogP contribution in [0.1, 0.15) is 52.9 Å². The first kappa shape index (κ1) is 16.4. The van der Waals surface area contributed by atoms with E-state index in [-0.39, 0.29) is 30.0 Å². The van der Waals surface area contributed by atoms with Gasteiger partial charge in [-0.25, -0.2) is 0 Å². The number of carbonyl (C=O) groups is 2. The van der Waals surface area contributed by atoms with Gasteiger partial charge in [-0.15, -0.1) is 0 Å². The fourth-order valence-electron chi connectivity index (χ4n) is 6.20. The molecule has 0 radical (unpaired) electrons. The van der Waals surface area contributed by atoms with Crippen molar-refractivity contribution in [3.63, 3.8) is 0 Å². The molecule has 0 aromatic carbocycles. The third-order valence-corrected chi connectivity index (χ3v) is 6.92. The van der Waals surface area contributed by atoms with Crippen molar-refractivity contribution in [2.45, 2.75) is 71.1 Å². The number of likely N-dealkylation sites (tertiary alicyclic amines) is 2. The van der Waals surface area contributed by atoms with Crippen LogP contribution in [0.5, 0.6) is 0 Å². The third kappa shape index (κ3) is 2.39. The molecule has 2 aliphatic carbocycles. The second-order valence-corrected chi connectivity index (χ2v) is 9.53. The Bertz CT molecular complexity index is 557. The largest absolute Gasteiger partial charge is 0.372 e. The van der Waals surface area contributed by atoms with Crippen molar-refractivity contribution in [3.05, 3.63) is 0 Å². The molecule has 0 N–H and O–H groups in total. The molecule has 134 valence electrons. The molecule has 0 aromatic heterocycles. The Labute approximate surface area is 144 Å². The van der Waals surface area contributed by atoms with Crippen LogP contribution in [0.15, 0.2) is 0 Å². The smallest absolute Gasteiger partial charge is 0.251 e. The summed E-state index contributed by atoms with van der Waals surface area (Å²) in [5.41, 5.74) is 0.970. The van der Waals surface area contributed by atoms with Gasteiger partial charge in [-0.05, 0) is 49.9 Å². The molecular weight excluding hydrogens is 304 g/mol. The molecule has 2 saturated heterocycles. The van der Waals surface area contributed by atoms with Crippen molar-refractivity contribution in [2.24, 2.45) is 16.7 Å². The van der Waals surface area contributed by atoms with E-state index in [1.807, 2.05) is 4.90 Å². The molecule has 5 heteroatoms. The van der Waals surface area contributed by atoms with Gasteiger partial charge in [0.15, 0.2) is 0 Å². The number of hydrogen-bond acceptors (Lipinski definition) is 3. The van der Waals surface area contributed by atoms with Crippen LogP contribution in [0.25, 0.3) is 0 Å². The molecule has 1 unspecified atom stereocenters. The van der Waals surface area contributed by atoms with Crippen LogP contribution in [0.3, 0.4) is 0 Å². The van der Waals surface area contributed by atoms with Crippen molar-refractivity contribution < 1.29 is 14.3 Å². The minimum absolute atomic E-state index is 0.0661. The molecule has 24 heavy (non-hydrogen) atoms. The third-order valence-electron chi connectivity index (χ3n) is 6.92. The fourth-order valence-corrected chi connectivity index (χ4v) is 6.20. The number of carbonyl (C=O) groups excluding carboxylic acids is 2. The molecule has 2 heterocycles. The second kappa shape index (κ2) is 5.20. The molecule has 4 aliphatic rings. The molecule has 2 amide bonds. The highest BCUT2D eigenvalue weighted by Crippen LogP contribution is 2.66. The van der Waals surface area contributed by atoms with Gasteiger partial charge in [0, 0.05) is 26.1 Å². The molecule has 4 rings (SSSR count). The molecule has 3 atom stereocenters. The maximum Gasteiger partial charge on any atom is 0.251 e. The highest BCUT2D eigenvalue weighted by Gasteiger charge is 2.59. The number of rotatable bonds is 3. The zero-order valence-corrected chi connectivity index (χ0v) is 15.4. The maximum absolute atomic E-state index is 12.9. The summed E-state index contributed by atoms with van der Waals surface area (Å²) < 4.78 is 5.16. The zero-order chi connectivity index (χ0) is 17.3. The Morgan fingerprint density at radius 2 is 1.67 bits per heavy atom.